The smallest absolute Gasteiger partial charge is 0.335 e. The third-order valence-corrected chi connectivity index (χ3v) is 2.50. The first kappa shape index (κ1) is 14.0. The van der Waals surface area contributed by atoms with E-state index in [1.165, 1.54) is 24.4 Å². The van der Waals surface area contributed by atoms with Crippen LogP contribution in [-0.2, 0) is 0 Å². The Balaban J connectivity index is 2.06. The predicted octanol–water partition coefficient (Wildman–Crippen LogP) is 2.30. The van der Waals surface area contributed by atoms with E-state index in [9.17, 15) is 9.59 Å². The van der Waals surface area contributed by atoms with Crippen LogP contribution < -0.4 is 10.6 Å². The quantitative estimate of drug-likeness (QED) is 0.798. The van der Waals surface area contributed by atoms with Gasteiger partial charge in [0, 0.05) is 11.9 Å². The van der Waals surface area contributed by atoms with Crippen LogP contribution in [-0.4, -0.2) is 22.1 Å². The van der Waals surface area contributed by atoms with Crippen molar-refractivity contribution in [2.75, 3.05) is 10.6 Å². The molecular formula is C14H10N4O3. The average molecular weight is 282 g/mol. The van der Waals surface area contributed by atoms with Crippen LogP contribution >= 0.6 is 0 Å². The molecule has 0 fully saturated rings. The maximum atomic E-state index is 11.8. The molecule has 0 spiro atoms. The summed E-state index contributed by atoms with van der Waals surface area (Å²) >= 11 is 0. The minimum atomic E-state index is -1.11. The Labute approximate surface area is 119 Å². The second-order valence-electron chi connectivity index (χ2n) is 4.01. The zero-order valence-electron chi connectivity index (χ0n) is 10.7. The van der Waals surface area contributed by atoms with Gasteiger partial charge in [-0.05, 0) is 30.3 Å². The Hall–Kier alpha value is -3.40. The number of rotatable bonds is 3. The summed E-state index contributed by atoms with van der Waals surface area (Å²) in [5, 5.41) is 22.6. The lowest BCUT2D eigenvalue weighted by atomic mass is 10.2. The van der Waals surface area contributed by atoms with Gasteiger partial charge in [0.25, 0.3) is 0 Å². The lowest BCUT2D eigenvalue weighted by Gasteiger charge is -2.07. The van der Waals surface area contributed by atoms with Crippen molar-refractivity contribution < 1.29 is 14.7 Å². The van der Waals surface area contributed by atoms with Crippen molar-refractivity contribution in [3.8, 4) is 6.07 Å². The third-order valence-electron chi connectivity index (χ3n) is 2.50. The number of carbonyl (C=O) groups excluding carboxylic acids is 1. The minimum absolute atomic E-state index is 0.0202. The second kappa shape index (κ2) is 6.16. The number of carboxylic acids is 1. The molecule has 1 aromatic carbocycles. The minimum Gasteiger partial charge on any atom is -0.478 e. The maximum Gasteiger partial charge on any atom is 0.335 e. The van der Waals surface area contributed by atoms with Crippen LogP contribution in [0.1, 0.15) is 15.9 Å². The molecule has 0 aliphatic carbocycles. The number of nitrogens with zero attached hydrogens (tertiary/aromatic N) is 2. The predicted molar refractivity (Wildman–Crippen MR) is 75.0 cm³/mol. The van der Waals surface area contributed by atoms with Crippen molar-refractivity contribution in [3.05, 3.63) is 53.7 Å². The summed E-state index contributed by atoms with van der Waals surface area (Å²) in [6, 6.07) is 10.3. The van der Waals surface area contributed by atoms with Crippen molar-refractivity contribution in [1.29, 1.82) is 5.26 Å². The Morgan fingerprint density at radius 2 is 2.00 bits per heavy atom. The van der Waals surface area contributed by atoms with Crippen LogP contribution in [0.15, 0.2) is 42.6 Å². The van der Waals surface area contributed by atoms with Crippen molar-refractivity contribution in [3.63, 3.8) is 0 Å². The lowest BCUT2D eigenvalue weighted by molar-refractivity contribution is 0.0696. The van der Waals surface area contributed by atoms with E-state index >= 15 is 0 Å². The normalized spacial score (nSPS) is 9.48. The SMILES string of the molecule is N#Cc1cccc(NC(=O)Nc2cc(C(=O)O)ccn2)c1. The van der Waals surface area contributed by atoms with Crippen LogP contribution in [0.4, 0.5) is 16.3 Å². The number of pyridine rings is 1. The summed E-state index contributed by atoms with van der Waals surface area (Å²) in [6.07, 6.45) is 1.29. The van der Waals surface area contributed by atoms with Crippen LogP contribution in [0.3, 0.4) is 0 Å². The van der Waals surface area contributed by atoms with Crippen LogP contribution in [0.5, 0.6) is 0 Å². The summed E-state index contributed by atoms with van der Waals surface area (Å²) < 4.78 is 0. The van der Waals surface area contributed by atoms with E-state index in [1.807, 2.05) is 6.07 Å². The fourth-order valence-corrected chi connectivity index (χ4v) is 1.58. The van der Waals surface area contributed by atoms with Gasteiger partial charge in [0.1, 0.15) is 5.82 Å². The van der Waals surface area contributed by atoms with E-state index in [-0.39, 0.29) is 11.4 Å². The van der Waals surface area contributed by atoms with Gasteiger partial charge < -0.3 is 10.4 Å². The number of benzene rings is 1. The highest BCUT2D eigenvalue weighted by atomic mass is 16.4. The zero-order chi connectivity index (χ0) is 15.2. The van der Waals surface area contributed by atoms with E-state index in [4.69, 9.17) is 10.4 Å². The topological polar surface area (TPSA) is 115 Å². The first-order chi connectivity index (χ1) is 10.1. The molecule has 1 aromatic heterocycles. The molecule has 104 valence electrons. The number of anilines is 2. The third kappa shape index (κ3) is 3.78. The first-order valence-electron chi connectivity index (χ1n) is 5.86. The number of aromatic carboxylic acids is 1. The number of carboxylic acid groups (broad SMARTS) is 1. The van der Waals surface area contributed by atoms with Gasteiger partial charge in [0.2, 0.25) is 0 Å². The van der Waals surface area contributed by atoms with Crippen molar-refractivity contribution in [2.45, 2.75) is 0 Å². The molecule has 21 heavy (non-hydrogen) atoms. The number of hydrogen-bond donors (Lipinski definition) is 3. The summed E-state index contributed by atoms with van der Waals surface area (Å²) in [5.74, 6) is -0.994. The molecule has 2 amide bonds. The highest BCUT2D eigenvalue weighted by Crippen LogP contribution is 2.11. The van der Waals surface area contributed by atoms with Crippen molar-refractivity contribution in [1.82, 2.24) is 4.98 Å². The number of carbonyl (C=O) groups is 2. The molecule has 0 aliphatic rings. The monoisotopic (exact) mass is 282 g/mol. The maximum absolute atomic E-state index is 11.8. The van der Waals surface area contributed by atoms with E-state index < -0.39 is 12.0 Å². The van der Waals surface area contributed by atoms with Gasteiger partial charge in [0.15, 0.2) is 0 Å². The largest absolute Gasteiger partial charge is 0.478 e. The summed E-state index contributed by atoms with van der Waals surface area (Å²) in [6.45, 7) is 0. The van der Waals surface area contributed by atoms with E-state index in [2.05, 4.69) is 15.6 Å². The van der Waals surface area contributed by atoms with Gasteiger partial charge >= 0.3 is 12.0 Å². The molecule has 0 bridgehead atoms. The fourth-order valence-electron chi connectivity index (χ4n) is 1.58. The van der Waals surface area contributed by atoms with Gasteiger partial charge in [-0.1, -0.05) is 6.07 Å². The molecule has 7 heteroatoms. The zero-order valence-corrected chi connectivity index (χ0v) is 10.7. The van der Waals surface area contributed by atoms with Gasteiger partial charge in [-0.2, -0.15) is 5.26 Å². The number of nitriles is 1. The Bertz CT molecular complexity index is 737. The summed E-state index contributed by atoms with van der Waals surface area (Å²) in [7, 11) is 0. The summed E-state index contributed by atoms with van der Waals surface area (Å²) in [4.78, 5) is 26.4. The second-order valence-corrected chi connectivity index (χ2v) is 4.01. The molecule has 0 unspecified atom stereocenters. The van der Waals surface area contributed by atoms with Gasteiger partial charge in [-0.3, -0.25) is 5.32 Å². The molecule has 0 saturated carbocycles. The van der Waals surface area contributed by atoms with Crippen molar-refractivity contribution >= 4 is 23.5 Å². The molecule has 0 aliphatic heterocycles. The van der Waals surface area contributed by atoms with Crippen molar-refractivity contribution in [2.24, 2.45) is 0 Å². The number of hydrogen-bond acceptors (Lipinski definition) is 4. The van der Waals surface area contributed by atoms with Gasteiger partial charge in [-0.25, -0.2) is 14.6 Å². The number of nitrogens with one attached hydrogen (secondary N) is 2. The molecular weight excluding hydrogens is 272 g/mol. The highest BCUT2D eigenvalue weighted by molar-refractivity contribution is 6.00. The average Bonchev–Trinajstić information content (AvgIpc) is 2.47. The standard InChI is InChI=1S/C14H10N4O3/c15-8-9-2-1-3-11(6-9)17-14(21)18-12-7-10(13(19)20)4-5-16-12/h1-7H,(H,19,20)(H2,16,17,18,21). The molecule has 0 atom stereocenters. The van der Waals surface area contributed by atoms with Gasteiger partial charge in [0.05, 0.1) is 17.2 Å². The molecule has 0 saturated heterocycles. The molecule has 3 N–H and O–H groups in total. The number of aromatic nitrogens is 1. The molecule has 1 heterocycles. The summed E-state index contributed by atoms with van der Waals surface area (Å²) in [5.41, 5.74) is 0.881. The Morgan fingerprint density at radius 3 is 2.71 bits per heavy atom. The number of amides is 2. The Morgan fingerprint density at radius 1 is 1.19 bits per heavy atom. The first-order valence-corrected chi connectivity index (χ1v) is 5.86. The van der Waals surface area contributed by atoms with Crippen LogP contribution in [0.2, 0.25) is 0 Å². The molecule has 7 nitrogen and oxygen atoms in total. The van der Waals surface area contributed by atoms with Crippen LogP contribution in [0.25, 0.3) is 0 Å². The van der Waals surface area contributed by atoms with E-state index in [0.717, 1.165) is 0 Å². The lowest BCUT2D eigenvalue weighted by Crippen LogP contribution is -2.20. The Kier molecular flexibility index (Phi) is 4.11. The van der Waals surface area contributed by atoms with Gasteiger partial charge in [-0.15, -0.1) is 0 Å². The highest BCUT2D eigenvalue weighted by Gasteiger charge is 2.07. The van der Waals surface area contributed by atoms with Crippen LogP contribution in [0, 0.1) is 11.3 Å². The molecule has 2 aromatic rings. The molecule has 2 rings (SSSR count). The van der Waals surface area contributed by atoms with E-state index in [0.29, 0.717) is 11.3 Å². The van der Waals surface area contributed by atoms with E-state index in [1.54, 1.807) is 18.2 Å². The number of urea groups is 1. The fraction of sp³-hybridized carbons (Fsp3) is 0. The molecule has 0 radical (unpaired) electrons.